The Morgan fingerprint density at radius 2 is 2.11 bits per heavy atom. The summed E-state index contributed by atoms with van der Waals surface area (Å²) < 4.78 is 0. The van der Waals surface area contributed by atoms with E-state index in [1.807, 2.05) is 0 Å². The molecule has 1 fully saturated rings. The average Bonchev–Trinajstić information content (AvgIpc) is 2.32. The second-order valence-corrected chi connectivity index (χ2v) is 5.10. The van der Waals surface area contributed by atoms with Crippen LogP contribution in [0.1, 0.15) is 43.0 Å². The highest BCUT2D eigenvalue weighted by molar-refractivity contribution is 5.96. The van der Waals surface area contributed by atoms with Gasteiger partial charge in [-0.3, -0.25) is 4.79 Å². The molecule has 2 amide bonds. The molecule has 0 bridgehead atoms. The molecule has 2 N–H and O–H groups in total. The fourth-order valence-electron chi connectivity index (χ4n) is 2.16. The van der Waals surface area contributed by atoms with Crippen LogP contribution in [0.4, 0.5) is 10.5 Å². The molecule has 2 rings (SSSR count). The molecule has 0 atom stereocenters. The summed E-state index contributed by atoms with van der Waals surface area (Å²) in [5.41, 5.74) is 1.25. The molecule has 0 spiro atoms. The van der Waals surface area contributed by atoms with E-state index in [2.05, 4.69) is 10.6 Å². The van der Waals surface area contributed by atoms with Crippen LogP contribution in [-0.4, -0.2) is 18.4 Å². The number of anilines is 1. The number of carbonyl (C=O) groups excluding carboxylic acids is 2. The molecule has 1 aromatic carbocycles. The summed E-state index contributed by atoms with van der Waals surface area (Å²) in [5, 5.41) is 5.59. The van der Waals surface area contributed by atoms with Crippen molar-refractivity contribution in [2.75, 3.05) is 11.9 Å². The third-order valence-electron chi connectivity index (χ3n) is 3.59. The van der Waals surface area contributed by atoms with Crippen LogP contribution in [0.3, 0.4) is 0 Å². The summed E-state index contributed by atoms with van der Waals surface area (Å²) in [6, 6.07) is 6.76. The predicted octanol–water partition coefficient (Wildman–Crippen LogP) is 3.20. The smallest absolute Gasteiger partial charge is 0.319 e. The van der Waals surface area contributed by atoms with Gasteiger partial charge in [0.15, 0.2) is 5.78 Å². The van der Waals surface area contributed by atoms with E-state index in [1.165, 1.54) is 26.2 Å². The van der Waals surface area contributed by atoms with E-state index < -0.39 is 0 Å². The van der Waals surface area contributed by atoms with Crippen LogP contribution >= 0.6 is 0 Å². The van der Waals surface area contributed by atoms with Gasteiger partial charge in [-0.2, -0.15) is 0 Å². The highest BCUT2D eigenvalue weighted by atomic mass is 16.2. The van der Waals surface area contributed by atoms with Crippen molar-refractivity contribution in [1.29, 1.82) is 0 Å². The van der Waals surface area contributed by atoms with Crippen molar-refractivity contribution >= 4 is 17.5 Å². The normalized spacial score (nSPS) is 14.6. The zero-order valence-corrected chi connectivity index (χ0v) is 11.2. The highest BCUT2D eigenvalue weighted by Gasteiger charge is 2.16. The van der Waals surface area contributed by atoms with Gasteiger partial charge < -0.3 is 10.6 Å². The maximum absolute atomic E-state index is 11.7. The van der Waals surface area contributed by atoms with Crippen LogP contribution in [0.5, 0.6) is 0 Å². The van der Waals surface area contributed by atoms with Gasteiger partial charge in [0.25, 0.3) is 0 Å². The molecule has 1 aromatic rings. The number of urea groups is 1. The molecule has 0 saturated heterocycles. The summed E-state index contributed by atoms with van der Waals surface area (Å²) in [6.07, 6.45) is 4.98. The molecular weight excluding hydrogens is 240 g/mol. The van der Waals surface area contributed by atoms with Gasteiger partial charge in [-0.1, -0.05) is 31.4 Å². The quantitative estimate of drug-likeness (QED) is 0.799. The second-order valence-electron chi connectivity index (χ2n) is 5.10. The number of rotatable bonds is 5. The minimum Gasteiger partial charge on any atom is -0.338 e. The van der Waals surface area contributed by atoms with E-state index in [0.717, 1.165) is 12.3 Å². The Bertz CT molecular complexity index is 467. The monoisotopic (exact) mass is 260 g/mol. The number of benzene rings is 1. The maximum atomic E-state index is 11.7. The first-order valence-corrected chi connectivity index (χ1v) is 6.81. The lowest BCUT2D eigenvalue weighted by Gasteiger charge is -2.25. The molecule has 0 aromatic heterocycles. The Balaban J connectivity index is 1.77. The minimum absolute atomic E-state index is 0.00552. The molecule has 1 saturated carbocycles. The Hall–Kier alpha value is -1.84. The number of Topliss-reactive ketones (excluding diaryl/α,β-unsaturated/α-hetero) is 1. The Kier molecular flexibility index (Phi) is 4.55. The highest BCUT2D eigenvalue weighted by Crippen LogP contribution is 2.28. The lowest BCUT2D eigenvalue weighted by molar-refractivity contribution is 0.101. The van der Waals surface area contributed by atoms with E-state index in [0.29, 0.717) is 17.8 Å². The fraction of sp³-hybridized carbons (Fsp3) is 0.467. The van der Waals surface area contributed by atoms with Gasteiger partial charge in [0.2, 0.25) is 0 Å². The van der Waals surface area contributed by atoms with Gasteiger partial charge in [0, 0.05) is 17.8 Å². The number of hydrogen-bond acceptors (Lipinski definition) is 2. The molecule has 4 heteroatoms. The first-order chi connectivity index (χ1) is 9.15. The molecule has 0 heterocycles. The SMILES string of the molecule is CC(=O)c1cccc(NC(=O)NCCC2CCC2)c1. The summed E-state index contributed by atoms with van der Waals surface area (Å²) >= 11 is 0. The van der Waals surface area contributed by atoms with Gasteiger partial charge in [-0.25, -0.2) is 4.79 Å². The average molecular weight is 260 g/mol. The fourth-order valence-corrected chi connectivity index (χ4v) is 2.16. The molecule has 4 nitrogen and oxygen atoms in total. The van der Waals surface area contributed by atoms with E-state index in [-0.39, 0.29) is 11.8 Å². The molecule has 19 heavy (non-hydrogen) atoms. The Morgan fingerprint density at radius 1 is 1.32 bits per heavy atom. The lowest BCUT2D eigenvalue weighted by atomic mass is 9.83. The summed E-state index contributed by atoms with van der Waals surface area (Å²) in [5.74, 6) is 0.787. The topological polar surface area (TPSA) is 58.2 Å². The van der Waals surface area contributed by atoms with Gasteiger partial charge in [-0.15, -0.1) is 0 Å². The number of carbonyl (C=O) groups is 2. The number of ketones is 1. The van der Waals surface area contributed by atoms with E-state index in [1.54, 1.807) is 24.3 Å². The number of hydrogen-bond donors (Lipinski definition) is 2. The van der Waals surface area contributed by atoms with Crippen molar-refractivity contribution in [3.8, 4) is 0 Å². The van der Waals surface area contributed by atoms with Crippen molar-refractivity contribution in [2.24, 2.45) is 5.92 Å². The van der Waals surface area contributed by atoms with Crippen LogP contribution in [0.25, 0.3) is 0 Å². The molecule has 0 unspecified atom stereocenters. The van der Waals surface area contributed by atoms with E-state index in [9.17, 15) is 9.59 Å². The number of amides is 2. The zero-order valence-electron chi connectivity index (χ0n) is 11.2. The minimum atomic E-state index is -0.208. The summed E-state index contributed by atoms with van der Waals surface area (Å²) in [4.78, 5) is 22.9. The third-order valence-corrected chi connectivity index (χ3v) is 3.59. The van der Waals surface area contributed by atoms with Gasteiger partial charge in [0.05, 0.1) is 0 Å². The largest absolute Gasteiger partial charge is 0.338 e. The lowest BCUT2D eigenvalue weighted by Crippen LogP contribution is -2.31. The second kappa shape index (κ2) is 6.36. The molecule has 0 aliphatic heterocycles. The van der Waals surface area contributed by atoms with Crippen molar-refractivity contribution < 1.29 is 9.59 Å². The van der Waals surface area contributed by atoms with Gasteiger partial charge in [-0.05, 0) is 31.4 Å². The maximum Gasteiger partial charge on any atom is 0.319 e. The van der Waals surface area contributed by atoms with Crippen molar-refractivity contribution in [3.05, 3.63) is 29.8 Å². The van der Waals surface area contributed by atoms with Crippen LogP contribution in [0.15, 0.2) is 24.3 Å². The van der Waals surface area contributed by atoms with E-state index >= 15 is 0 Å². The Labute approximate surface area is 113 Å². The first kappa shape index (κ1) is 13.6. The van der Waals surface area contributed by atoms with Crippen LogP contribution < -0.4 is 10.6 Å². The first-order valence-electron chi connectivity index (χ1n) is 6.81. The molecule has 102 valence electrons. The number of nitrogens with one attached hydrogen (secondary N) is 2. The van der Waals surface area contributed by atoms with Crippen LogP contribution in [0, 0.1) is 5.92 Å². The zero-order chi connectivity index (χ0) is 13.7. The van der Waals surface area contributed by atoms with Crippen molar-refractivity contribution in [3.63, 3.8) is 0 Å². The third kappa shape index (κ3) is 4.09. The van der Waals surface area contributed by atoms with Gasteiger partial charge in [0.1, 0.15) is 0 Å². The van der Waals surface area contributed by atoms with Crippen LogP contribution in [-0.2, 0) is 0 Å². The van der Waals surface area contributed by atoms with Gasteiger partial charge >= 0.3 is 6.03 Å². The predicted molar refractivity (Wildman–Crippen MR) is 75.4 cm³/mol. The molecule has 1 aliphatic rings. The standard InChI is InChI=1S/C15H20N2O2/c1-11(18)13-6-3-7-14(10-13)17-15(19)16-9-8-12-4-2-5-12/h3,6-7,10,12H,2,4-5,8-9H2,1H3,(H2,16,17,19). The summed E-state index contributed by atoms with van der Waals surface area (Å²) in [6.45, 7) is 2.22. The molecule has 1 aliphatic carbocycles. The summed E-state index contributed by atoms with van der Waals surface area (Å²) in [7, 11) is 0. The van der Waals surface area contributed by atoms with Crippen LogP contribution in [0.2, 0.25) is 0 Å². The Morgan fingerprint density at radius 3 is 2.74 bits per heavy atom. The molecule has 0 radical (unpaired) electrons. The van der Waals surface area contributed by atoms with Crippen molar-refractivity contribution in [2.45, 2.75) is 32.6 Å². The van der Waals surface area contributed by atoms with E-state index in [4.69, 9.17) is 0 Å². The molecular formula is C15H20N2O2. The van der Waals surface area contributed by atoms with Crippen molar-refractivity contribution in [1.82, 2.24) is 5.32 Å².